The summed E-state index contributed by atoms with van der Waals surface area (Å²) in [6.45, 7) is 1.41. The van der Waals surface area contributed by atoms with E-state index in [0.717, 1.165) is 6.20 Å². The molecule has 2 N–H and O–H groups in total. The highest BCUT2D eigenvalue weighted by molar-refractivity contribution is 6.68. The fourth-order valence-electron chi connectivity index (χ4n) is 2.18. The molecule has 1 aromatic carbocycles. The Bertz CT molecular complexity index is 841. The van der Waals surface area contributed by atoms with Crippen LogP contribution in [0.5, 0.6) is 0 Å². The SMILES string of the molecule is Cc1ncc([N+](=O)[O-])n1CCOC(=O)N[C@H](Nc1ccc(F)cc1)C(Cl)(Cl)Cl. The Labute approximate surface area is 173 Å². The summed E-state index contributed by atoms with van der Waals surface area (Å²) in [6, 6.07) is 5.17. The fourth-order valence-corrected chi connectivity index (χ4v) is 2.51. The summed E-state index contributed by atoms with van der Waals surface area (Å²) in [5, 5.41) is 16.0. The van der Waals surface area contributed by atoms with Gasteiger partial charge in [0, 0.05) is 12.6 Å². The molecule has 0 radical (unpaired) electrons. The van der Waals surface area contributed by atoms with Gasteiger partial charge in [0.25, 0.3) is 0 Å². The molecule has 0 aliphatic rings. The van der Waals surface area contributed by atoms with Crippen LogP contribution in [0.2, 0.25) is 0 Å². The average Bonchev–Trinajstić information content (AvgIpc) is 2.96. The van der Waals surface area contributed by atoms with Crippen LogP contribution in [0, 0.1) is 22.9 Å². The quantitative estimate of drug-likeness (QED) is 0.285. The number of anilines is 1. The van der Waals surface area contributed by atoms with Gasteiger partial charge in [0.1, 0.15) is 31.3 Å². The minimum Gasteiger partial charge on any atom is -0.445 e. The lowest BCUT2D eigenvalue weighted by Gasteiger charge is -2.27. The van der Waals surface area contributed by atoms with E-state index >= 15 is 0 Å². The first-order chi connectivity index (χ1) is 13.1. The third-order valence-electron chi connectivity index (χ3n) is 3.51. The van der Waals surface area contributed by atoms with Crippen molar-refractivity contribution in [1.29, 1.82) is 0 Å². The Morgan fingerprint density at radius 1 is 1.39 bits per heavy atom. The van der Waals surface area contributed by atoms with Gasteiger partial charge in [-0.2, -0.15) is 0 Å². The zero-order valence-corrected chi connectivity index (χ0v) is 16.6. The summed E-state index contributed by atoms with van der Waals surface area (Å²) >= 11 is 17.6. The van der Waals surface area contributed by atoms with Crippen molar-refractivity contribution >= 4 is 52.4 Å². The van der Waals surface area contributed by atoms with Crippen LogP contribution in [0.15, 0.2) is 30.5 Å². The van der Waals surface area contributed by atoms with Gasteiger partial charge >= 0.3 is 11.9 Å². The zero-order valence-electron chi connectivity index (χ0n) is 14.4. The minimum atomic E-state index is -1.95. The molecule has 1 aromatic heterocycles. The van der Waals surface area contributed by atoms with Crippen LogP contribution in [0.1, 0.15) is 5.82 Å². The first kappa shape index (κ1) is 22.0. The second-order valence-corrected chi connectivity index (χ2v) is 7.85. The number of imidazole rings is 1. The molecule has 2 aromatic rings. The lowest BCUT2D eigenvalue weighted by atomic mass is 10.3. The Hall–Kier alpha value is -2.30. The van der Waals surface area contributed by atoms with Crippen molar-refractivity contribution in [3.63, 3.8) is 0 Å². The number of halogens is 4. The molecule has 28 heavy (non-hydrogen) atoms. The van der Waals surface area contributed by atoms with Crippen molar-refractivity contribution in [2.45, 2.75) is 23.4 Å². The summed E-state index contributed by atoms with van der Waals surface area (Å²) in [6.07, 6.45) is -1.01. The smallest absolute Gasteiger partial charge is 0.409 e. The standard InChI is InChI=1S/C15H15Cl3FN5O4/c1-9-20-8-12(24(26)27)23(9)6-7-28-14(25)22-13(15(16,17)18)21-11-4-2-10(19)3-5-11/h2-5,8,13,21H,6-7H2,1H3,(H,22,25)/t13-/m0/s1. The highest BCUT2D eigenvalue weighted by Gasteiger charge is 2.34. The van der Waals surface area contributed by atoms with Gasteiger partial charge in [0.05, 0.1) is 0 Å². The molecule has 1 heterocycles. The number of hydrogen-bond acceptors (Lipinski definition) is 6. The Balaban J connectivity index is 1.94. The number of carbonyl (C=O) groups excluding carboxylic acids is 1. The van der Waals surface area contributed by atoms with E-state index < -0.39 is 26.8 Å². The number of alkyl carbamates (subject to hydrolysis) is 1. The third-order valence-corrected chi connectivity index (χ3v) is 4.17. The van der Waals surface area contributed by atoms with Crippen molar-refractivity contribution in [2.24, 2.45) is 0 Å². The summed E-state index contributed by atoms with van der Waals surface area (Å²) in [4.78, 5) is 26.2. The zero-order chi connectivity index (χ0) is 20.9. The maximum atomic E-state index is 13.0. The van der Waals surface area contributed by atoms with E-state index in [0.29, 0.717) is 11.5 Å². The van der Waals surface area contributed by atoms with Gasteiger partial charge in [0.15, 0.2) is 5.82 Å². The van der Waals surface area contributed by atoms with Crippen LogP contribution in [-0.4, -0.2) is 37.1 Å². The molecule has 0 aliphatic heterocycles. The number of amides is 1. The highest BCUT2D eigenvalue weighted by Crippen LogP contribution is 2.31. The number of nitro groups is 1. The summed E-state index contributed by atoms with van der Waals surface area (Å²) < 4.78 is 17.3. The molecule has 1 atom stereocenters. The van der Waals surface area contributed by atoms with E-state index in [1.165, 1.54) is 28.8 Å². The number of nitrogens with one attached hydrogen (secondary N) is 2. The second kappa shape index (κ2) is 9.26. The van der Waals surface area contributed by atoms with E-state index in [1.807, 2.05) is 0 Å². The van der Waals surface area contributed by atoms with Crippen LogP contribution in [0.3, 0.4) is 0 Å². The highest BCUT2D eigenvalue weighted by atomic mass is 35.6. The van der Waals surface area contributed by atoms with Crippen LogP contribution in [0.4, 0.5) is 20.7 Å². The lowest BCUT2D eigenvalue weighted by Crippen LogP contribution is -2.49. The van der Waals surface area contributed by atoms with Crippen LogP contribution in [-0.2, 0) is 11.3 Å². The van der Waals surface area contributed by atoms with Crippen molar-refractivity contribution in [3.05, 3.63) is 52.2 Å². The Kier molecular flexibility index (Phi) is 7.28. The van der Waals surface area contributed by atoms with Gasteiger partial charge in [-0.25, -0.2) is 18.7 Å². The van der Waals surface area contributed by atoms with Gasteiger partial charge in [-0.3, -0.25) is 5.32 Å². The number of aromatic nitrogens is 2. The number of ether oxygens (including phenoxy) is 1. The molecule has 0 spiro atoms. The van der Waals surface area contributed by atoms with E-state index in [4.69, 9.17) is 39.5 Å². The molecule has 9 nitrogen and oxygen atoms in total. The number of alkyl halides is 3. The monoisotopic (exact) mass is 453 g/mol. The van der Waals surface area contributed by atoms with Gasteiger partial charge in [-0.15, -0.1) is 0 Å². The van der Waals surface area contributed by atoms with Crippen molar-refractivity contribution in [2.75, 3.05) is 11.9 Å². The molecule has 0 unspecified atom stereocenters. The number of hydrogen-bond donors (Lipinski definition) is 2. The number of carbonyl (C=O) groups is 1. The first-order valence-electron chi connectivity index (χ1n) is 7.76. The first-order valence-corrected chi connectivity index (χ1v) is 8.90. The topological polar surface area (TPSA) is 111 Å². The minimum absolute atomic E-state index is 0.0133. The average molecular weight is 455 g/mol. The maximum absolute atomic E-state index is 13.0. The van der Waals surface area contributed by atoms with Crippen LogP contribution < -0.4 is 10.6 Å². The molecular formula is C15H15Cl3FN5O4. The summed E-state index contributed by atoms with van der Waals surface area (Å²) in [5.74, 6) is -0.279. The molecule has 152 valence electrons. The van der Waals surface area contributed by atoms with Crippen molar-refractivity contribution in [3.8, 4) is 0 Å². The maximum Gasteiger partial charge on any atom is 0.409 e. The number of benzene rings is 1. The largest absolute Gasteiger partial charge is 0.445 e. The van der Waals surface area contributed by atoms with Gasteiger partial charge in [-0.1, -0.05) is 34.8 Å². The molecule has 0 fully saturated rings. The molecule has 0 saturated heterocycles. The van der Waals surface area contributed by atoms with E-state index in [9.17, 15) is 19.3 Å². The second-order valence-electron chi connectivity index (χ2n) is 5.48. The normalized spacial score (nSPS) is 12.3. The molecule has 13 heteroatoms. The Morgan fingerprint density at radius 3 is 2.61 bits per heavy atom. The third kappa shape index (κ3) is 6.11. The Morgan fingerprint density at radius 2 is 2.04 bits per heavy atom. The predicted octanol–water partition coefficient (Wildman–Crippen LogP) is 3.77. The molecule has 1 amide bonds. The van der Waals surface area contributed by atoms with E-state index in [2.05, 4.69) is 15.6 Å². The van der Waals surface area contributed by atoms with E-state index in [-0.39, 0.29) is 19.0 Å². The van der Waals surface area contributed by atoms with Gasteiger partial charge in [-0.05, 0) is 29.2 Å². The van der Waals surface area contributed by atoms with E-state index in [1.54, 1.807) is 6.92 Å². The fraction of sp³-hybridized carbons (Fsp3) is 0.333. The number of nitrogens with zero attached hydrogens (tertiary/aromatic N) is 3. The summed E-state index contributed by atoms with van der Waals surface area (Å²) in [7, 11) is 0. The van der Waals surface area contributed by atoms with Crippen LogP contribution in [0.25, 0.3) is 0 Å². The van der Waals surface area contributed by atoms with Gasteiger partial charge in [0.2, 0.25) is 3.79 Å². The molecule has 2 rings (SSSR count). The molecule has 0 bridgehead atoms. The molecule has 0 saturated carbocycles. The van der Waals surface area contributed by atoms with Crippen LogP contribution >= 0.6 is 34.8 Å². The van der Waals surface area contributed by atoms with Gasteiger partial charge < -0.3 is 20.2 Å². The number of rotatable bonds is 7. The predicted molar refractivity (Wildman–Crippen MR) is 102 cm³/mol. The summed E-state index contributed by atoms with van der Waals surface area (Å²) in [5.41, 5.74) is 0.391. The molecular weight excluding hydrogens is 440 g/mol. The van der Waals surface area contributed by atoms with Crippen molar-refractivity contribution in [1.82, 2.24) is 14.9 Å². The lowest BCUT2D eigenvalue weighted by molar-refractivity contribution is -0.392. The number of aryl methyl sites for hydroxylation is 1. The van der Waals surface area contributed by atoms with Crippen molar-refractivity contribution < 1.29 is 18.8 Å². The molecule has 0 aliphatic carbocycles.